The zero-order chi connectivity index (χ0) is 9.68. The molecule has 0 aromatic heterocycles. The van der Waals surface area contributed by atoms with Crippen LogP contribution in [0.5, 0.6) is 0 Å². The van der Waals surface area contributed by atoms with E-state index in [2.05, 4.69) is 25.7 Å². The monoisotopic (exact) mass is 181 g/mol. The Labute approximate surface area is 82.6 Å². The van der Waals surface area contributed by atoms with Crippen LogP contribution in [-0.4, -0.2) is 12.6 Å². The van der Waals surface area contributed by atoms with E-state index in [1.807, 2.05) is 0 Å². The second-order valence-electron chi connectivity index (χ2n) is 4.62. The molecule has 0 saturated heterocycles. The molecule has 1 saturated carbocycles. The minimum atomic E-state index is 0.788. The molecule has 0 aliphatic heterocycles. The van der Waals surface area contributed by atoms with Gasteiger partial charge in [-0.3, -0.25) is 0 Å². The Hall–Kier alpha value is -0.300. The van der Waals surface area contributed by atoms with Gasteiger partial charge in [0.05, 0.1) is 0 Å². The number of hydrogen-bond acceptors (Lipinski definition) is 1. The van der Waals surface area contributed by atoms with Crippen molar-refractivity contribution in [2.24, 2.45) is 5.92 Å². The third-order valence-electron chi connectivity index (χ3n) is 3.00. The molecule has 0 aromatic rings. The Bertz CT molecular complexity index is 155. The van der Waals surface area contributed by atoms with Gasteiger partial charge in [0.25, 0.3) is 0 Å². The Morgan fingerprint density at radius 3 is 2.46 bits per heavy atom. The normalized spacial score (nSPS) is 28.8. The first-order valence-corrected chi connectivity index (χ1v) is 5.56. The van der Waals surface area contributed by atoms with Crippen LogP contribution in [0.15, 0.2) is 12.2 Å². The first-order chi connectivity index (χ1) is 6.18. The van der Waals surface area contributed by atoms with Crippen LogP contribution in [0.3, 0.4) is 0 Å². The molecule has 0 atom stereocenters. The van der Waals surface area contributed by atoms with E-state index in [4.69, 9.17) is 0 Å². The number of hydrogen-bond donors (Lipinski definition) is 1. The quantitative estimate of drug-likeness (QED) is 0.657. The Morgan fingerprint density at radius 2 is 1.92 bits per heavy atom. The van der Waals surface area contributed by atoms with E-state index in [0.717, 1.165) is 24.9 Å². The van der Waals surface area contributed by atoms with Gasteiger partial charge in [-0.2, -0.15) is 0 Å². The van der Waals surface area contributed by atoms with Crippen LogP contribution in [0.25, 0.3) is 0 Å². The van der Waals surface area contributed by atoms with Crippen molar-refractivity contribution in [2.75, 3.05) is 6.54 Å². The first kappa shape index (κ1) is 10.8. The standard InChI is InChI=1S/C12H23N/c1-10(2)8-9-13-12-6-4-11(3)5-7-12/h11-13H,1,4-9H2,2-3H3. The maximum Gasteiger partial charge on any atom is 0.00673 e. The summed E-state index contributed by atoms with van der Waals surface area (Å²) in [6.07, 6.45) is 6.69. The smallest absolute Gasteiger partial charge is 0.00673 e. The topological polar surface area (TPSA) is 12.0 Å². The third-order valence-corrected chi connectivity index (χ3v) is 3.00. The Morgan fingerprint density at radius 1 is 1.31 bits per heavy atom. The van der Waals surface area contributed by atoms with Crippen molar-refractivity contribution >= 4 is 0 Å². The lowest BCUT2D eigenvalue weighted by atomic mass is 9.87. The molecule has 1 heteroatoms. The summed E-state index contributed by atoms with van der Waals surface area (Å²) in [4.78, 5) is 0. The van der Waals surface area contributed by atoms with Crippen molar-refractivity contribution in [2.45, 2.75) is 52.0 Å². The lowest BCUT2D eigenvalue weighted by molar-refractivity contribution is 0.309. The van der Waals surface area contributed by atoms with Crippen molar-refractivity contribution in [3.63, 3.8) is 0 Å². The molecule has 1 aliphatic carbocycles. The summed E-state index contributed by atoms with van der Waals surface area (Å²) in [6, 6.07) is 0.788. The van der Waals surface area contributed by atoms with Crippen molar-refractivity contribution in [1.82, 2.24) is 5.32 Å². The van der Waals surface area contributed by atoms with Crippen molar-refractivity contribution in [3.8, 4) is 0 Å². The summed E-state index contributed by atoms with van der Waals surface area (Å²) in [5.74, 6) is 0.958. The highest BCUT2D eigenvalue weighted by Crippen LogP contribution is 2.23. The summed E-state index contributed by atoms with van der Waals surface area (Å²) in [7, 11) is 0. The molecule has 0 bridgehead atoms. The van der Waals surface area contributed by atoms with E-state index in [1.54, 1.807) is 0 Å². The largest absolute Gasteiger partial charge is 0.314 e. The highest BCUT2D eigenvalue weighted by molar-refractivity contribution is 4.89. The van der Waals surface area contributed by atoms with Gasteiger partial charge in [0.1, 0.15) is 0 Å². The lowest BCUT2D eigenvalue weighted by Gasteiger charge is -2.27. The predicted octanol–water partition coefficient (Wildman–Crippen LogP) is 3.12. The molecule has 1 N–H and O–H groups in total. The zero-order valence-electron chi connectivity index (χ0n) is 9.10. The molecular weight excluding hydrogens is 158 g/mol. The fourth-order valence-electron chi connectivity index (χ4n) is 1.95. The fraction of sp³-hybridized carbons (Fsp3) is 0.833. The van der Waals surface area contributed by atoms with Gasteiger partial charge in [-0.1, -0.05) is 12.5 Å². The molecule has 1 rings (SSSR count). The molecule has 0 unspecified atom stereocenters. The van der Waals surface area contributed by atoms with E-state index >= 15 is 0 Å². The summed E-state index contributed by atoms with van der Waals surface area (Å²) in [5, 5.41) is 3.61. The second kappa shape index (κ2) is 5.43. The zero-order valence-corrected chi connectivity index (χ0v) is 9.10. The van der Waals surface area contributed by atoms with Crippen molar-refractivity contribution in [1.29, 1.82) is 0 Å². The van der Waals surface area contributed by atoms with Crippen LogP contribution in [0, 0.1) is 5.92 Å². The summed E-state index contributed by atoms with van der Waals surface area (Å²) in [6.45, 7) is 9.50. The maximum absolute atomic E-state index is 3.91. The average molecular weight is 181 g/mol. The van der Waals surface area contributed by atoms with E-state index in [0.29, 0.717) is 0 Å². The van der Waals surface area contributed by atoms with E-state index in [1.165, 1.54) is 31.3 Å². The molecule has 0 amide bonds. The van der Waals surface area contributed by atoms with Crippen LogP contribution in [0.4, 0.5) is 0 Å². The van der Waals surface area contributed by atoms with Crippen LogP contribution < -0.4 is 5.32 Å². The van der Waals surface area contributed by atoms with E-state index < -0.39 is 0 Å². The van der Waals surface area contributed by atoms with Gasteiger partial charge in [0.15, 0.2) is 0 Å². The molecule has 1 nitrogen and oxygen atoms in total. The number of rotatable bonds is 4. The predicted molar refractivity (Wildman–Crippen MR) is 58.9 cm³/mol. The Balaban J connectivity index is 2.05. The summed E-state index contributed by atoms with van der Waals surface area (Å²) >= 11 is 0. The Kier molecular flexibility index (Phi) is 4.51. The minimum absolute atomic E-state index is 0.788. The molecule has 0 spiro atoms. The van der Waals surface area contributed by atoms with Crippen molar-refractivity contribution in [3.05, 3.63) is 12.2 Å². The third kappa shape index (κ3) is 4.47. The van der Waals surface area contributed by atoms with Crippen LogP contribution >= 0.6 is 0 Å². The highest BCUT2D eigenvalue weighted by Gasteiger charge is 2.16. The van der Waals surface area contributed by atoms with Gasteiger partial charge in [-0.25, -0.2) is 0 Å². The van der Waals surface area contributed by atoms with Crippen LogP contribution in [0.1, 0.15) is 46.0 Å². The van der Waals surface area contributed by atoms with Crippen molar-refractivity contribution < 1.29 is 0 Å². The molecule has 1 aliphatic rings. The van der Waals surface area contributed by atoms with Gasteiger partial charge < -0.3 is 5.32 Å². The molecule has 0 aromatic carbocycles. The maximum atomic E-state index is 3.91. The van der Waals surface area contributed by atoms with Gasteiger partial charge in [-0.15, -0.1) is 6.58 Å². The molecule has 13 heavy (non-hydrogen) atoms. The molecular formula is C12H23N. The van der Waals surface area contributed by atoms with Crippen LogP contribution in [-0.2, 0) is 0 Å². The highest BCUT2D eigenvalue weighted by atomic mass is 14.9. The minimum Gasteiger partial charge on any atom is -0.314 e. The van der Waals surface area contributed by atoms with Gasteiger partial charge in [0, 0.05) is 6.04 Å². The summed E-state index contributed by atoms with van der Waals surface area (Å²) < 4.78 is 0. The van der Waals surface area contributed by atoms with Gasteiger partial charge in [0.2, 0.25) is 0 Å². The van der Waals surface area contributed by atoms with E-state index in [-0.39, 0.29) is 0 Å². The lowest BCUT2D eigenvalue weighted by Crippen LogP contribution is -2.33. The number of nitrogens with one attached hydrogen (secondary N) is 1. The fourth-order valence-corrected chi connectivity index (χ4v) is 1.95. The summed E-state index contributed by atoms with van der Waals surface area (Å²) in [5.41, 5.74) is 1.29. The van der Waals surface area contributed by atoms with Crippen LogP contribution in [0.2, 0.25) is 0 Å². The molecule has 0 heterocycles. The molecule has 1 fully saturated rings. The first-order valence-electron chi connectivity index (χ1n) is 5.56. The molecule has 76 valence electrons. The van der Waals surface area contributed by atoms with Gasteiger partial charge in [-0.05, 0) is 51.5 Å². The van der Waals surface area contributed by atoms with E-state index in [9.17, 15) is 0 Å². The average Bonchev–Trinajstić information content (AvgIpc) is 2.08. The SMILES string of the molecule is C=C(C)CCNC1CCC(C)CC1. The second-order valence-corrected chi connectivity index (χ2v) is 4.62. The van der Waals surface area contributed by atoms with Gasteiger partial charge >= 0.3 is 0 Å². The molecule has 0 radical (unpaired) electrons.